The van der Waals surface area contributed by atoms with Crippen LogP contribution in [0.4, 0.5) is 0 Å². The predicted molar refractivity (Wildman–Crippen MR) is 113 cm³/mol. The van der Waals surface area contributed by atoms with Gasteiger partial charge in [-0.05, 0) is 30.9 Å². The van der Waals surface area contributed by atoms with Crippen LogP contribution in [-0.2, 0) is 8.85 Å². The van der Waals surface area contributed by atoms with Crippen LogP contribution in [0.5, 0.6) is 0 Å². The smallest absolute Gasteiger partial charge is 0.361 e. The average molecular weight is 379 g/mol. The molecule has 4 rings (SSSR count). The molecule has 0 unspecified atom stereocenters. The van der Waals surface area contributed by atoms with E-state index in [9.17, 15) is 0 Å². The maximum atomic E-state index is 7.07. The Hall–Kier alpha value is -1.68. The average Bonchev–Trinajstić information content (AvgIpc) is 3.09. The quantitative estimate of drug-likeness (QED) is 0.451. The van der Waals surface area contributed by atoms with Crippen LogP contribution in [0.1, 0.15) is 61.2 Å². The molecular formula is C24H30O2Si. The van der Waals surface area contributed by atoms with E-state index in [2.05, 4.69) is 79.7 Å². The van der Waals surface area contributed by atoms with Gasteiger partial charge in [-0.25, -0.2) is 0 Å². The molecule has 0 spiro atoms. The van der Waals surface area contributed by atoms with Gasteiger partial charge in [-0.2, -0.15) is 0 Å². The van der Waals surface area contributed by atoms with E-state index < -0.39 is 8.56 Å². The van der Waals surface area contributed by atoms with E-state index in [0.29, 0.717) is 12.7 Å². The Bertz CT molecular complexity index is 688. The van der Waals surface area contributed by atoms with Crippen molar-refractivity contribution in [2.24, 2.45) is 0 Å². The molecule has 1 fully saturated rings. The molecule has 0 N–H and O–H groups in total. The van der Waals surface area contributed by atoms with Gasteiger partial charge in [-0.15, -0.1) is 0 Å². The Morgan fingerprint density at radius 2 is 1.30 bits per heavy atom. The summed E-state index contributed by atoms with van der Waals surface area (Å²) in [5.41, 5.74) is 3.13. The van der Waals surface area contributed by atoms with Crippen molar-refractivity contribution in [2.75, 3.05) is 6.61 Å². The van der Waals surface area contributed by atoms with Crippen LogP contribution in [0.15, 0.2) is 72.8 Å². The second-order valence-corrected chi connectivity index (χ2v) is 10.9. The minimum Gasteiger partial charge on any atom is -0.393 e. The van der Waals surface area contributed by atoms with Gasteiger partial charge in [-0.1, -0.05) is 92.1 Å². The Morgan fingerprint density at radius 3 is 1.78 bits per heavy atom. The number of hydrogen-bond donors (Lipinski definition) is 0. The zero-order valence-corrected chi connectivity index (χ0v) is 17.2. The molecule has 0 bridgehead atoms. The topological polar surface area (TPSA) is 18.5 Å². The number of allylic oxidation sites excluding steroid dienone is 2. The molecule has 0 amide bonds. The first-order valence-corrected chi connectivity index (χ1v) is 12.4. The monoisotopic (exact) mass is 378 g/mol. The lowest BCUT2D eigenvalue weighted by atomic mass is 9.98. The van der Waals surface area contributed by atoms with Gasteiger partial charge < -0.3 is 8.85 Å². The van der Waals surface area contributed by atoms with Gasteiger partial charge in [0.2, 0.25) is 0 Å². The number of hydrogen-bond acceptors (Lipinski definition) is 2. The van der Waals surface area contributed by atoms with Crippen molar-refractivity contribution in [3.05, 3.63) is 83.9 Å². The molecule has 0 saturated heterocycles. The number of benzene rings is 2. The summed E-state index contributed by atoms with van der Waals surface area (Å²) in [6.45, 7) is 2.81. The molecule has 1 saturated carbocycles. The van der Waals surface area contributed by atoms with Gasteiger partial charge in [0.1, 0.15) is 0 Å². The van der Waals surface area contributed by atoms with Gasteiger partial charge in [0, 0.05) is 23.8 Å². The van der Waals surface area contributed by atoms with Crippen molar-refractivity contribution in [3.63, 3.8) is 0 Å². The third kappa shape index (κ3) is 3.82. The fourth-order valence-electron chi connectivity index (χ4n) is 4.72. The summed E-state index contributed by atoms with van der Waals surface area (Å²) in [6.07, 6.45) is 11.3. The highest BCUT2D eigenvalue weighted by molar-refractivity contribution is 6.72. The molecular weight excluding hydrogens is 348 g/mol. The first kappa shape index (κ1) is 18.7. The lowest BCUT2D eigenvalue weighted by Gasteiger charge is -2.41. The summed E-state index contributed by atoms with van der Waals surface area (Å²) < 4.78 is 13.7. The van der Waals surface area contributed by atoms with Crippen molar-refractivity contribution >= 4 is 8.56 Å². The Labute approximate surface area is 164 Å². The summed E-state index contributed by atoms with van der Waals surface area (Å²) in [7, 11) is -2.57. The lowest BCUT2D eigenvalue weighted by molar-refractivity contribution is 0.0833. The van der Waals surface area contributed by atoms with E-state index in [1.807, 2.05) is 0 Å². The zero-order chi connectivity index (χ0) is 18.5. The van der Waals surface area contributed by atoms with E-state index in [1.54, 1.807) is 0 Å². The summed E-state index contributed by atoms with van der Waals surface area (Å²) >= 11 is 0. The fraction of sp³-hybridized carbons (Fsp3) is 0.417. The predicted octanol–water partition coefficient (Wildman–Crippen LogP) is 6.03. The Balaban J connectivity index is 1.75. The molecule has 3 heteroatoms. The molecule has 1 aliphatic heterocycles. The third-order valence-electron chi connectivity index (χ3n) is 5.95. The summed E-state index contributed by atoms with van der Waals surface area (Å²) in [5.74, 6) is 0. The molecule has 2 atom stereocenters. The molecule has 1 heterocycles. The molecule has 0 radical (unpaired) electrons. The van der Waals surface area contributed by atoms with Gasteiger partial charge in [-0.3, -0.25) is 0 Å². The van der Waals surface area contributed by atoms with Crippen LogP contribution >= 0.6 is 0 Å². The van der Waals surface area contributed by atoms with E-state index in [0.717, 1.165) is 0 Å². The van der Waals surface area contributed by atoms with Crippen molar-refractivity contribution in [1.82, 2.24) is 0 Å². The normalized spacial score (nSPS) is 24.9. The van der Waals surface area contributed by atoms with Gasteiger partial charge in [0.25, 0.3) is 0 Å². The van der Waals surface area contributed by atoms with Gasteiger partial charge in [0.15, 0.2) is 0 Å². The van der Waals surface area contributed by atoms with Crippen molar-refractivity contribution < 1.29 is 8.85 Å². The third-order valence-corrected chi connectivity index (χ3v) is 10.2. The fourth-order valence-corrected chi connectivity index (χ4v) is 9.11. The molecule has 142 valence electrons. The van der Waals surface area contributed by atoms with Crippen LogP contribution in [0.25, 0.3) is 0 Å². The standard InChI is InChI=1S/C24H30O2Si/c1-2-25-27(26-22-16-10-5-11-17-22)23(20-12-6-3-7-13-20)18-19-24(27)21-14-8-4-9-15-21/h3-4,6-9,12-15,18-19,22-24H,2,5,10-11,16-17H2,1H3/t23-,24-/m1/s1. The van der Waals surface area contributed by atoms with Crippen LogP contribution < -0.4 is 0 Å². The Morgan fingerprint density at radius 1 is 0.778 bits per heavy atom. The largest absolute Gasteiger partial charge is 0.393 e. The van der Waals surface area contributed by atoms with E-state index in [1.165, 1.54) is 43.2 Å². The SMILES string of the molecule is CCO[Si]1(OC2CCCCC2)[C@@H](c2ccccc2)C=C[C@@H]1c1ccccc1. The maximum absolute atomic E-state index is 7.07. The van der Waals surface area contributed by atoms with Gasteiger partial charge >= 0.3 is 8.56 Å². The van der Waals surface area contributed by atoms with Crippen LogP contribution in [-0.4, -0.2) is 21.3 Å². The molecule has 2 aliphatic rings. The maximum Gasteiger partial charge on any atom is 0.361 e. The highest BCUT2D eigenvalue weighted by atomic mass is 28.4. The second kappa shape index (κ2) is 8.55. The molecule has 2 nitrogen and oxygen atoms in total. The zero-order valence-electron chi connectivity index (χ0n) is 16.2. The molecule has 1 aliphatic carbocycles. The first-order chi connectivity index (χ1) is 13.3. The highest BCUT2D eigenvalue weighted by Gasteiger charge is 2.56. The first-order valence-electron chi connectivity index (χ1n) is 10.4. The Kier molecular flexibility index (Phi) is 5.91. The highest BCUT2D eigenvalue weighted by Crippen LogP contribution is 2.47. The second-order valence-electron chi connectivity index (χ2n) is 7.69. The summed E-state index contributed by atoms with van der Waals surface area (Å²) in [4.78, 5) is 0. The van der Waals surface area contributed by atoms with E-state index in [-0.39, 0.29) is 11.1 Å². The molecule has 2 aromatic rings. The molecule has 2 aromatic carbocycles. The van der Waals surface area contributed by atoms with Crippen LogP contribution in [0.3, 0.4) is 0 Å². The molecule has 27 heavy (non-hydrogen) atoms. The van der Waals surface area contributed by atoms with Crippen molar-refractivity contribution in [3.8, 4) is 0 Å². The van der Waals surface area contributed by atoms with Crippen LogP contribution in [0.2, 0.25) is 0 Å². The van der Waals surface area contributed by atoms with E-state index in [4.69, 9.17) is 8.85 Å². The van der Waals surface area contributed by atoms with Gasteiger partial charge in [0.05, 0.1) is 0 Å². The van der Waals surface area contributed by atoms with E-state index >= 15 is 0 Å². The summed E-state index contributed by atoms with van der Waals surface area (Å²) in [6, 6.07) is 21.6. The van der Waals surface area contributed by atoms with Crippen LogP contribution in [0, 0.1) is 0 Å². The minimum atomic E-state index is -2.57. The molecule has 0 aromatic heterocycles. The summed E-state index contributed by atoms with van der Waals surface area (Å²) in [5, 5.41) is 0. The lowest BCUT2D eigenvalue weighted by Crippen LogP contribution is -2.53. The number of rotatable bonds is 6. The van der Waals surface area contributed by atoms with Crippen molar-refractivity contribution in [1.29, 1.82) is 0 Å². The minimum absolute atomic E-state index is 0.241. The van der Waals surface area contributed by atoms with Crippen molar-refractivity contribution in [2.45, 2.75) is 56.2 Å².